The van der Waals surface area contributed by atoms with Crippen LogP contribution in [0.3, 0.4) is 0 Å². The van der Waals surface area contributed by atoms with Gasteiger partial charge >= 0.3 is 0 Å². The Labute approximate surface area is 172 Å². The van der Waals surface area contributed by atoms with E-state index < -0.39 is 6.04 Å². The zero-order valence-corrected chi connectivity index (χ0v) is 17.6. The SMILES string of the molecule is CCNC(=O)C(CC)N(Cc1cccc(OC)c1)C(=O)COc1cccc(C)c1. The summed E-state index contributed by atoms with van der Waals surface area (Å²) >= 11 is 0. The zero-order valence-electron chi connectivity index (χ0n) is 17.6. The van der Waals surface area contributed by atoms with E-state index in [0.717, 1.165) is 11.1 Å². The van der Waals surface area contributed by atoms with Gasteiger partial charge in [-0.1, -0.05) is 31.2 Å². The molecule has 0 saturated heterocycles. The van der Waals surface area contributed by atoms with E-state index in [9.17, 15) is 9.59 Å². The van der Waals surface area contributed by atoms with Crippen molar-refractivity contribution in [1.29, 1.82) is 0 Å². The Hall–Kier alpha value is -3.02. The first-order valence-electron chi connectivity index (χ1n) is 9.88. The predicted molar refractivity (Wildman–Crippen MR) is 113 cm³/mol. The molecule has 1 atom stereocenters. The van der Waals surface area contributed by atoms with Crippen LogP contribution in [0.25, 0.3) is 0 Å². The molecule has 1 N–H and O–H groups in total. The van der Waals surface area contributed by atoms with Crippen molar-refractivity contribution in [3.05, 3.63) is 59.7 Å². The molecule has 1 unspecified atom stereocenters. The Morgan fingerprint density at radius 1 is 1.07 bits per heavy atom. The first-order valence-corrected chi connectivity index (χ1v) is 9.88. The third kappa shape index (κ3) is 6.52. The Kier molecular flexibility index (Phi) is 8.52. The average molecular weight is 399 g/mol. The van der Waals surface area contributed by atoms with Crippen molar-refractivity contribution in [1.82, 2.24) is 10.2 Å². The monoisotopic (exact) mass is 398 g/mol. The maximum absolute atomic E-state index is 13.1. The van der Waals surface area contributed by atoms with Crippen LogP contribution in [0.1, 0.15) is 31.4 Å². The lowest BCUT2D eigenvalue weighted by molar-refractivity contribution is -0.142. The Morgan fingerprint density at radius 3 is 2.45 bits per heavy atom. The highest BCUT2D eigenvalue weighted by Crippen LogP contribution is 2.18. The van der Waals surface area contributed by atoms with Crippen LogP contribution in [-0.2, 0) is 16.1 Å². The lowest BCUT2D eigenvalue weighted by Crippen LogP contribution is -2.50. The van der Waals surface area contributed by atoms with E-state index in [1.165, 1.54) is 0 Å². The number of nitrogens with zero attached hydrogens (tertiary/aromatic N) is 1. The van der Waals surface area contributed by atoms with Crippen molar-refractivity contribution in [2.24, 2.45) is 0 Å². The van der Waals surface area contributed by atoms with Crippen LogP contribution in [0.2, 0.25) is 0 Å². The predicted octanol–water partition coefficient (Wildman–Crippen LogP) is 3.33. The summed E-state index contributed by atoms with van der Waals surface area (Å²) in [6.45, 7) is 6.39. The van der Waals surface area contributed by atoms with Crippen LogP contribution < -0.4 is 14.8 Å². The zero-order chi connectivity index (χ0) is 21.2. The van der Waals surface area contributed by atoms with Gasteiger partial charge in [-0.25, -0.2) is 0 Å². The fourth-order valence-corrected chi connectivity index (χ4v) is 3.11. The topological polar surface area (TPSA) is 67.9 Å². The van der Waals surface area contributed by atoms with Gasteiger partial charge in [0.05, 0.1) is 7.11 Å². The van der Waals surface area contributed by atoms with Gasteiger partial charge in [0, 0.05) is 13.1 Å². The largest absolute Gasteiger partial charge is 0.497 e. The van der Waals surface area contributed by atoms with E-state index in [0.29, 0.717) is 31.0 Å². The molecule has 0 aromatic heterocycles. The van der Waals surface area contributed by atoms with Crippen LogP contribution in [0.15, 0.2) is 48.5 Å². The van der Waals surface area contributed by atoms with Crippen molar-refractivity contribution in [2.45, 2.75) is 39.8 Å². The molecular formula is C23H30N2O4. The second kappa shape index (κ2) is 11.1. The normalized spacial score (nSPS) is 11.4. The number of hydrogen-bond acceptors (Lipinski definition) is 4. The van der Waals surface area contributed by atoms with Gasteiger partial charge < -0.3 is 19.7 Å². The first kappa shape index (κ1) is 22.3. The van der Waals surface area contributed by atoms with Gasteiger partial charge in [0.1, 0.15) is 17.5 Å². The smallest absolute Gasteiger partial charge is 0.261 e. The van der Waals surface area contributed by atoms with E-state index in [4.69, 9.17) is 9.47 Å². The van der Waals surface area contributed by atoms with Gasteiger partial charge in [-0.3, -0.25) is 9.59 Å². The maximum atomic E-state index is 13.1. The fraction of sp³-hybridized carbons (Fsp3) is 0.391. The summed E-state index contributed by atoms with van der Waals surface area (Å²) in [6, 6.07) is 14.5. The minimum atomic E-state index is -0.574. The molecule has 0 fully saturated rings. The summed E-state index contributed by atoms with van der Waals surface area (Å²) < 4.78 is 11.0. The summed E-state index contributed by atoms with van der Waals surface area (Å²) in [5.74, 6) is 0.928. The molecule has 2 rings (SSSR count). The number of methoxy groups -OCH3 is 1. The lowest BCUT2D eigenvalue weighted by atomic mass is 10.1. The van der Waals surface area contributed by atoms with E-state index >= 15 is 0 Å². The molecular weight excluding hydrogens is 368 g/mol. The fourth-order valence-electron chi connectivity index (χ4n) is 3.11. The van der Waals surface area contributed by atoms with Crippen molar-refractivity contribution in [3.63, 3.8) is 0 Å². The van der Waals surface area contributed by atoms with Crippen molar-refractivity contribution >= 4 is 11.8 Å². The molecule has 29 heavy (non-hydrogen) atoms. The molecule has 6 heteroatoms. The summed E-state index contributed by atoms with van der Waals surface area (Å²) in [4.78, 5) is 27.2. The number of rotatable bonds is 10. The van der Waals surface area contributed by atoms with Gasteiger partial charge in [0.2, 0.25) is 5.91 Å². The number of ether oxygens (including phenoxy) is 2. The van der Waals surface area contributed by atoms with E-state index in [2.05, 4.69) is 5.32 Å². The molecule has 0 spiro atoms. The molecule has 0 saturated carbocycles. The number of likely N-dealkylation sites (N-methyl/N-ethyl adjacent to an activating group) is 1. The molecule has 2 aromatic carbocycles. The van der Waals surface area contributed by atoms with Crippen LogP contribution in [0.5, 0.6) is 11.5 Å². The van der Waals surface area contributed by atoms with Gasteiger partial charge in [-0.2, -0.15) is 0 Å². The summed E-state index contributed by atoms with van der Waals surface area (Å²) in [7, 11) is 1.60. The quantitative estimate of drug-likeness (QED) is 0.667. The van der Waals surface area contributed by atoms with Gasteiger partial charge in [-0.15, -0.1) is 0 Å². The van der Waals surface area contributed by atoms with Crippen LogP contribution in [0, 0.1) is 6.92 Å². The average Bonchev–Trinajstić information content (AvgIpc) is 2.72. The molecule has 6 nitrogen and oxygen atoms in total. The molecule has 2 amide bonds. The standard InChI is InChI=1S/C23H30N2O4/c1-5-21(23(27)24-6-2)25(15-18-10-8-11-19(14-18)28-4)22(26)16-29-20-12-7-9-17(3)13-20/h7-14,21H,5-6,15-16H2,1-4H3,(H,24,27). The number of carbonyl (C=O) groups excluding carboxylic acids is 2. The van der Waals surface area contributed by atoms with Crippen LogP contribution in [0.4, 0.5) is 0 Å². The van der Waals surface area contributed by atoms with Gasteiger partial charge in [0.25, 0.3) is 5.91 Å². The van der Waals surface area contributed by atoms with E-state index in [1.54, 1.807) is 12.0 Å². The second-order valence-corrected chi connectivity index (χ2v) is 6.80. The number of nitrogens with one attached hydrogen (secondary N) is 1. The number of carbonyl (C=O) groups is 2. The van der Waals surface area contributed by atoms with Gasteiger partial charge in [0.15, 0.2) is 6.61 Å². The molecule has 156 valence electrons. The highest BCUT2D eigenvalue weighted by Gasteiger charge is 2.28. The Bertz CT molecular complexity index is 822. The molecule has 2 aromatic rings. The molecule has 0 radical (unpaired) electrons. The number of hydrogen-bond donors (Lipinski definition) is 1. The number of aryl methyl sites for hydroxylation is 1. The van der Waals surface area contributed by atoms with Gasteiger partial charge in [-0.05, 0) is 55.7 Å². The molecule has 0 aliphatic carbocycles. The minimum absolute atomic E-state index is 0.136. The minimum Gasteiger partial charge on any atom is -0.497 e. The number of amides is 2. The highest BCUT2D eigenvalue weighted by molar-refractivity contribution is 5.88. The molecule has 0 bridgehead atoms. The third-order valence-corrected chi connectivity index (χ3v) is 4.58. The van der Waals surface area contributed by atoms with Crippen LogP contribution in [-0.4, -0.2) is 43.0 Å². The molecule has 0 heterocycles. The lowest BCUT2D eigenvalue weighted by Gasteiger charge is -2.30. The molecule has 0 aliphatic rings. The summed E-state index contributed by atoms with van der Waals surface area (Å²) in [6.07, 6.45) is 0.506. The van der Waals surface area contributed by atoms with Crippen molar-refractivity contribution in [3.8, 4) is 11.5 Å². The number of benzene rings is 2. The second-order valence-electron chi connectivity index (χ2n) is 6.80. The summed E-state index contributed by atoms with van der Waals surface area (Å²) in [5, 5.41) is 2.82. The Morgan fingerprint density at radius 2 is 1.79 bits per heavy atom. The third-order valence-electron chi connectivity index (χ3n) is 4.58. The first-order chi connectivity index (χ1) is 14.0. The maximum Gasteiger partial charge on any atom is 0.261 e. The summed E-state index contributed by atoms with van der Waals surface area (Å²) in [5.41, 5.74) is 1.94. The highest BCUT2D eigenvalue weighted by atomic mass is 16.5. The Balaban J connectivity index is 2.21. The molecule has 0 aliphatic heterocycles. The van der Waals surface area contributed by atoms with Crippen LogP contribution >= 0.6 is 0 Å². The van der Waals surface area contributed by atoms with E-state index in [1.807, 2.05) is 69.3 Å². The van der Waals surface area contributed by atoms with E-state index in [-0.39, 0.29) is 18.4 Å². The van der Waals surface area contributed by atoms with Crippen molar-refractivity contribution < 1.29 is 19.1 Å². The van der Waals surface area contributed by atoms with Crippen molar-refractivity contribution in [2.75, 3.05) is 20.3 Å².